The highest BCUT2D eigenvalue weighted by Gasteiger charge is 2.06. The van der Waals surface area contributed by atoms with Gasteiger partial charge in [-0.2, -0.15) is 0 Å². The average Bonchev–Trinajstić information content (AvgIpc) is 2.74. The van der Waals surface area contributed by atoms with Crippen LogP contribution < -0.4 is 5.56 Å². The number of aromatic amines is 1. The molecular formula is C13H10FN3O. The summed E-state index contributed by atoms with van der Waals surface area (Å²) in [4.78, 5) is 16.0. The van der Waals surface area contributed by atoms with Gasteiger partial charge in [0.2, 0.25) is 0 Å². The van der Waals surface area contributed by atoms with E-state index in [1.54, 1.807) is 25.1 Å². The van der Waals surface area contributed by atoms with Crippen molar-refractivity contribution in [1.82, 2.24) is 14.6 Å². The van der Waals surface area contributed by atoms with Crippen molar-refractivity contribution < 1.29 is 4.39 Å². The predicted molar refractivity (Wildman–Crippen MR) is 65.9 cm³/mol. The van der Waals surface area contributed by atoms with E-state index in [4.69, 9.17) is 0 Å². The molecule has 5 heteroatoms. The average molecular weight is 243 g/mol. The summed E-state index contributed by atoms with van der Waals surface area (Å²) in [6.07, 6.45) is 0. The van der Waals surface area contributed by atoms with Crippen LogP contribution in [0.2, 0.25) is 0 Å². The number of nitrogens with one attached hydrogen (secondary N) is 1. The highest BCUT2D eigenvalue weighted by molar-refractivity contribution is 5.63. The van der Waals surface area contributed by atoms with Gasteiger partial charge < -0.3 is 0 Å². The molecule has 0 spiro atoms. The molecule has 0 unspecified atom stereocenters. The fourth-order valence-electron chi connectivity index (χ4n) is 1.89. The maximum Gasteiger partial charge on any atom is 0.272 e. The Hall–Kier alpha value is -2.43. The van der Waals surface area contributed by atoms with Gasteiger partial charge in [0.25, 0.3) is 5.56 Å². The molecule has 4 nitrogen and oxygen atoms in total. The Morgan fingerprint density at radius 2 is 1.94 bits per heavy atom. The van der Waals surface area contributed by atoms with Crippen molar-refractivity contribution in [3.05, 3.63) is 58.3 Å². The summed E-state index contributed by atoms with van der Waals surface area (Å²) in [6.45, 7) is 1.77. The van der Waals surface area contributed by atoms with Gasteiger partial charge in [-0.15, -0.1) is 0 Å². The third-order valence-corrected chi connectivity index (χ3v) is 2.73. The second-order valence-corrected chi connectivity index (χ2v) is 4.11. The van der Waals surface area contributed by atoms with E-state index < -0.39 is 0 Å². The highest BCUT2D eigenvalue weighted by atomic mass is 19.1. The van der Waals surface area contributed by atoms with Crippen molar-refractivity contribution in [2.75, 3.05) is 0 Å². The SMILES string of the molecule is Cc1cc(=O)n2[nH]c(-c3ccc(F)cc3)cc2n1. The maximum atomic E-state index is 12.8. The zero-order chi connectivity index (χ0) is 12.7. The van der Waals surface area contributed by atoms with Crippen molar-refractivity contribution >= 4 is 5.65 Å². The van der Waals surface area contributed by atoms with Gasteiger partial charge in [0.1, 0.15) is 5.82 Å². The minimum Gasteiger partial charge on any atom is -0.289 e. The molecule has 3 rings (SSSR count). The third kappa shape index (κ3) is 1.69. The third-order valence-electron chi connectivity index (χ3n) is 2.73. The van der Waals surface area contributed by atoms with Gasteiger partial charge in [0, 0.05) is 17.8 Å². The molecule has 3 aromatic rings. The number of halogens is 1. The van der Waals surface area contributed by atoms with Crippen molar-refractivity contribution in [1.29, 1.82) is 0 Å². The van der Waals surface area contributed by atoms with E-state index in [-0.39, 0.29) is 11.4 Å². The molecule has 18 heavy (non-hydrogen) atoms. The van der Waals surface area contributed by atoms with Gasteiger partial charge in [0.05, 0.1) is 5.69 Å². The van der Waals surface area contributed by atoms with Gasteiger partial charge in [-0.05, 0) is 36.8 Å². The minimum atomic E-state index is -0.291. The summed E-state index contributed by atoms with van der Waals surface area (Å²) in [7, 11) is 0. The molecular weight excluding hydrogens is 233 g/mol. The molecule has 1 N–H and O–H groups in total. The molecule has 0 aliphatic carbocycles. The number of hydrogen-bond acceptors (Lipinski definition) is 2. The molecule has 0 amide bonds. The first-order valence-corrected chi connectivity index (χ1v) is 5.49. The van der Waals surface area contributed by atoms with Crippen LogP contribution in [-0.2, 0) is 0 Å². The van der Waals surface area contributed by atoms with E-state index in [1.165, 1.54) is 22.7 Å². The first kappa shape index (κ1) is 10.7. The second kappa shape index (κ2) is 3.80. The van der Waals surface area contributed by atoms with Gasteiger partial charge in [-0.25, -0.2) is 13.9 Å². The zero-order valence-corrected chi connectivity index (χ0v) is 9.64. The summed E-state index contributed by atoms with van der Waals surface area (Å²) in [6, 6.07) is 9.28. The fourth-order valence-corrected chi connectivity index (χ4v) is 1.89. The number of aromatic nitrogens is 3. The normalized spacial score (nSPS) is 11.0. The van der Waals surface area contributed by atoms with E-state index in [2.05, 4.69) is 10.1 Å². The Labute approximate surface area is 102 Å². The highest BCUT2D eigenvalue weighted by Crippen LogP contribution is 2.18. The Balaban J connectivity index is 2.22. The molecule has 0 fully saturated rings. The van der Waals surface area contributed by atoms with Crippen LogP contribution in [0.4, 0.5) is 4.39 Å². The number of aryl methyl sites for hydroxylation is 1. The molecule has 0 bridgehead atoms. The number of nitrogens with zero attached hydrogens (tertiary/aromatic N) is 2. The zero-order valence-electron chi connectivity index (χ0n) is 9.64. The van der Waals surface area contributed by atoms with Crippen LogP contribution in [0, 0.1) is 12.7 Å². The first-order valence-electron chi connectivity index (χ1n) is 5.49. The molecule has 0 aliphatic rings. The van der Waals surface area contributed by atoms with Gasteiger partial charge >= 0.3 is 0 Å². The van der Waals surface area contributed by atoms with Crippen molar-refractivity contribution in [2.45, 2.75) is 6.92 Å². The van der Waals surface area contributed by atoms with E-state index in [9.17, 15) is 9.18 Å². The lowest BCUT2D eigenvalue weighted by Gasteiger charge is -1.96. The largest absolute Gasteiger partial charge is 0.289 e. The Morgan fingerprint density at radius 3 is 2.67 bits per heavy atom. The monoisotopic (exact) mass is 243 g/mol. The molecule has 1 aromatic carbocycles. The molecule has 0 saturated carbocycles. The molecule has 0 aliphatic heterocycles. The minimum absolute atomic E-state index is 0.161. The first-order chi connectivity index (χ1) is 8.63. The predicted octanol–water partition coefficient (Wildman–Crippen LogP) is 2.14. The quantitative estimate of drug-likeness (QED) is 0.711. The van der Waals surface area contributed by atoms with Crippen LogP contribution in [0.15, 0.2) is 41.2 Å². The topological polar surface area (TPSA) is 50.2 Å². The van der Waals surface area contributed by atoms with Crippen molar-refractivity contribution in [2.24, 2.45) is 0 Å². The maximum absolute atomic E-state index is 12.8. The molecule has 0 atom stereocenters. The number of H-pyrrole nitrogens is 1. The molecule has 2 aromatic heterocycles. The van der Waals surface area contributed by atoms with Crippen LogP contribution in [0.3, 0.4) is 0 Å². The van der Waals surface area contributed by atoms with Crippen LogP contribution in [-0.4, -0.2) is 14.6 Å². The van der Waals surface area contributed by atoms with E-state index in [1.807, 2.05) is 0 Å². The van der Waals surface area contributed by atoms with E-state index >= 15 is 0 Å². The van der Waals surface area contributed by atoms with Crippen LogP contribution in [0.1, 0.15) is 5.69 Å². The Kier molecular flexibility index (Phi) is 2.26. The van der Waals surface area contributed by atoms with Gasteiger partial charge in [-0.1, -0.05) is 0 Å². The smallest absolute Gasteiger partial charge is 0.272 e. The van der Waals surface area contributed by atoms with E-state index in [0.717, 1.165) is 11.3 Å². The molecule has 0 radical (unpaired) electrons. The number of benzene rings is 1. The Morgan fingerprint density at radius 1 is 1.22 bits per heavy atom. The van der Waals surface area contributed by atoms with Gasteiger partial charge in [-0.3, -0.25) is 9.89 Å². The summed E-state index contributed by atoms with van der Waals surface area (Å²) in [5, 5.41) is 2.95. The van der Waals surface area contributed by atoms with Crippen LogP contribution in [0.25, 0.3) is 16.9 Å². The van der Waals surface area contributed by atoms with Crippen LogP contribution >= 0.6 is 0 Å². The van der Waals surface area contributed by atoms with Gasteiger partial charge in [0.15, 0.2) is 5.65 Å². The summed E-state index contributed by atoms with van der Waals surface area (Å²) >= 11 is 0. The summed E-state index contributed by atoms with van der Waals surface area (Å²) < 4.78 is 14.2. The number of hydrogen-bond donors (Lipinski definition) is 1. The fraction of sp³-hybridized carbons (Fsp3) is 0.0769. The number of fused-ring (bicyclic) bond motifs is 1. The molecule has 90 valence electrons. The summed E-state index contributed by atoms with van der Waals surface area (Å²) in [5.74, 6) is -0.291. The summed E-state index contributed by atoms with van der Waals surface area (Å²) in [5.41, 5.74) is 2.60. The molecule has 2 heterocycles. The van der Waals surface area contributed by atoms with E-state index in [0.29, 0.717) is 11.3 Å². The standard InChI is InChI=1S/C13H10FN3O/c1-8-6-13(18)17-12(15-8)7-11(16-17)9-2-4-10(14)5-3-9/h2-7,16H,1H3. The Bertz CT molecular complexity index is 771. The molecule has 0 saturated heterocycles. The lowest BCUT2D eigenvalue weighted by molar-refractivity contribution is 0.628. The second-order valence-electron chi connectivity index (χ2n) is 4.11. The number of rotatable bonds is 1. The van der Waals surface area contributed by atoms with Crippen molar-refractivity contribution in [3.8, 4) is 11.3 Å². The van der Waals surface area contributed by atoms with Crippen molar-refractivity contribution in [3.63, 3.8) is 0 Å². The lowest BCUT2D eigenvalue weighted by Crippen LogP contribution is -2.14. The van der Waals surface area contributed by atoms with Crippen LogP contribution in [0.5, 0.6) is 0 Å². The lowest BCUT2D eigenvalue weighted by atomic mass is 10.1.